The Balaban J connectivity index is 2.43. The van der Waals surface area contributed by atoms with Crippen molar-refractivity contribution in [3.63, 3.8) is 0 Å². The number of thioether (sulfide) groups is 1. The highest BCUT2D eigenvalue weighted by Crippen LogP contribution is 2.18. The van der Waals surface area contributed by atoms with Crippen LogP contribution in [0.5, 0.6) is 5.75 Å². The zero-order chi connectivity index (χ0) is 11.1. The molecule has 84 valence electrons. The molecular formula is C12H18O2S. The van der Waals surface area contributed by atoms with E-state index in [2.05, 4.69) is 6.92 Å². The van der Waals surface area contributed by atoms with E-state index in [0.29, 0.717) is 0 Å². The molecule has 1 unspecified atom stereocenters. The Morgan fingerprint density at radius 1 is 1.47 bits per heavy atom. The first kappa shape index (κ1) is 12.4. The highest BCUT2D eigenvalue weighted by Gasteiger charge is 2.01. The van der Waals surface area contributed by atoms with E-state index >= 15 is 0 Å². The third-order valence-electron chi connectivity index (χ3n) is 2.04. The van der Waals surface area contributed by atoms with Gasteiger partial charge in [-0.15, -0.1) is 0 Å². The van der Waals surface area contributed by atoms with E-state index in [1.165, 1.54) is 0 Å². The van der Waals surface area contributed by atoms with Crippen LogP contribution in [0.1, 0.15) is 25.5 Å². The number of rotatable bonds is 6. The molecule has 0 spiro atoms. The summed E-state index contributed by atoms with van der Waals surface area (Å²) in [5, 5.41) is 9.40. The molecule has 0 heterocycles. The molecule has 0 aromatic heterocycles. The van der Waals surface area contributed by atoms with Crippen LogP contribution in [0.25, 0.3) is 0 Å². The maximum absolute atomic E-state index is 9.40. The van der Waals surface area contributed by atoms with Gasteiger partial charge < -0.3 is 9.84 Å². The summed E-state index contributed by atoms with van der Waals surface area (Å²) >= 11 is 1.86. The lowest BCUT2D eigenvalue weighted by Crippen LogP contribution is -2.01. The Kier molecular flexibility index (Phi) is 5.58. The third-order valence-corrected chi connectivity index (χ3v) is 2.90. The minimum Gasteiger partial charge on any atom is -0.493 e. The van der Waals surface area contributed by atoms with Gasteiger partial charge in [0.15, 0.2) is 0 Å². The van der Waals surface area contributed by atoms with Crippen molar-refractivity contribution in [2.24, 2.45) is 0 Å². The predicted octanol–water partition coefficient (Wildman–Crippen LogP) is 2.87. The topological polar surface area (TPSA) is 29.5 Å². The van der Waals surface area contributed by atoms with Crippen LogP contribution in [0.2, 0.25) is 0 Å². The highest BCUT2D eigenvalue weighted by atomic mass is 32.2. The molecule has 1 atom stereocenters. The van der Waals surface area contributed by atoms with Crippen LogP contribution in [0.3, 0.4) is 0 Å². The minimum atomic E-state index is -0.432. The van der Waals surface area contributed by atoms with Gasteiger partial charge in [-0.2, -0.15) is 11.8 Å². The van der Waals surface area contributed by atoms with Gasteiger partial charge in [0.05, 0.1) is 12.7 Å². The molecule has 0 aliphatic carbocycles. The average molecular weight is 226 g/mol. The SMILES string of the molecule is CCSCCOc1cccc(C(C)O)c1. The lowest BCUT2D eigenvalue weighted by molar-refractivity contribution is 0.198. The fourth-order valence-electron chi connectivity index (χ4n) is 1.23. The molecule has 0 aliphatic rings. The molecule has 0 saturated heterocycles. The summed E-state index contributed by atoms with van der Waals surface area (Å²) in [4.78, 5) is 0. The second-order valence-corrected chi connectivity index (χ2v) is 4.69. The zero-order valence-electron chi connectivity index (χ0n) is 9.27. The summed E-state index contributed by atoms with van der Waals surface area (Å²) < 4.78 is 5.57. The first-order valence-corrected chi connectivity index (χ1v) is 6.38. The summed E-state index contributed by atoms with van der Waals surface area (Å²) in [6, 6.07) is 7.62. The number of hydrogen-bond donors (Lipinski definition) is 1. The van der Waals surface area contributed by atoms with E-state index in [4.69, 9.17) is 4.74 Å². The molecule has 0 aliphatic heterocycles. The van der Waals surface area contributed by atoms with E-state index in [-0.39, 0.29) is 0 Å². The Morgan fingerprint density at radius 2 is 2.27 bits per heavy atom. The van der Waals surface area contributed by atoms with Crippen LogP contribution in [-0.2, 0) is 0 Å². The van der Waals surface area contributed by atoms with Crippen molar-refractivity contribution in [2.75, 3.05) is 18.1 Å². The zero-order valence-corrected chi connectivity index (χ0v) is 10.1. The number of hydrogen-bond acceptors (Lipinski definition) is 3. The monoisotopic (exact) mass is 226 g/mol. The average Bonchev–Trinajstić information content (AvgIpc) is 2.25. The van der Waals surface area contributed by atoms with Gasteiger partial charge in [-0.25, -0.2) is 0 Å². The van der Waals surface area contributed by atoms with Crippen molar-refractivity contribution in [3.05, 3.63) is 29.8 Å². The van der Waals surface area contributed by atoms with Crippen molar-refractivity contribution in [2.45, 2.75) is 20.0 Å². The molecule has 1 N–H and O–H groups in total. The fourth-order valence-corrected chi connectivity index (χ4v) is 1.72. The molecule has 15 heavy (non-hydrogen) atoms. The molecular weight excluding hydrogens is 208 g/mol. The van der Waals surface area contributed by atoms with E-state index in [1.54, 1.807) is 6.92 Å². The van der Waals surface area contributed by atoms with Gasteiger partial charge in [0.1, 0.15) is 5.75 Å². The minimum absolute atomic E-state index is 0.432. The van der Waals surface area contributed by atoms with Crippen molar-refractivity contribution >= 4 is 11.8 Å². The lowest BCUT2D eigenvalue weighted by atomic mass is 10.1. The number of aliphatic hydroxyl groups excluding tert-OH is 1. The normalized spacial score (nSPS) is 12.5. The van der Waals surface area contributed by atoms with Gasteiger partial charge in [-0.3, -0.25) is 0 Å². The first-order chi connectivity index (χ1) is 7.24. The standard InChI is InChI=1S/C12H18O2S/c1-3-15-8-7-14-12-6-4-5-11(9-12)10(2)13/h4-6,9-10,13H,3,7-8H2,1-2H3. The Labute approximate surface area is 95.7 Å². The van der Waals surface area contributed by atoms with Crippen LogP contribution < -0.4 is 4.74 Å². The van der Waals surface area contributed by atoms with Gasteiger partial charge in [0, 0.05) is 5.75 Å². The molecule has 1 rings (SSSR count). The molecule has 0 saturated carbocycles. The van der Waals surface area contributed by atoms with Gasteiger partial charge in [0.2, 0.25) is 0 Å². The van der Waals surface area contributed by atoms with Crippen LogP contribution in [-0.4, -0.2) is 23.2 Å². The molecule has 1 aromatic carbocycles. The largest absolute Gasteiger partial charge is 0.493 e. The molecule has 0 radical (unpaired) electrons. The van der Waals surface area contributed by atoms with Crippen LogP contribution in [0.15, 0.2) is 24.3 Å². The van der Waals surface area contributed by atoms with Crippen molar-refractivity contribution in [1.29, 1.82) is 0 Å². The predicted molar refractivity (Wildman–Crippen MR) is 65.6 cm³/mol. The Hall–Kier alpha value is -0.670. The molecule has 0 fully saturated rings. The molecule has 0 bridgehead atoms. The summed E-state index contributed by atoms with van der Waals surface area (Å²) in [6.07, 6.45) is -0.432. The van der Waals surface area contributed by atoms with Gasteiger partial charge in [-0.1, -0.05) is 19.1 Å². The van der Waals surface area contributed by atoms with Crippen LogP contribution in [0, 0.1) is 0 Å². The quantitative estimate of drug-likeness (QED) is 0.756. The second-order valence-electron chi connectivity index (χ2n) is 3.29. The highest BCUT2D eigenvalue weighted by molar-refractivity contribution is 7.99. The summed E-state index contributed by atoms with van der Waals surface area (Å²) in [5.74, 6) is 2.97. The first-order valence-electron chi connectivity index (χ1n) is 5.22. The van der Waals surface area contributed by atoms with Crippen LogP contribution >= 0.6 is 11.8 Å². The fraction of sp³-hybridized carbons (Fsp3) is 0.500. The summed E-state index contributed by atoms with van der Waals surface area (Å²) in [6.45, 7) is 4.62. The Morgan fingerprint density at radius 3 is 2.93 bits per heavy atom. The number of aliphatic hydroxyl groups is 1. The number of ether oxygens (including phenoxy) is 1. The summed E-state index contributed by atoms with van der Waals surface area (Å²) in [7, 11) is 0. The van der Waals surface area contributed by atoms with E-state index in [1.807, 2.05) is 36.0 Å². The molecule has 0 amide bonds. The van der Waals surface area contributed by atoms with Crippen molar-refractivity contribution < 1.29 is 9.84 Å². The molecule has 1 aromatic rings. The Bertz CT molecular complexity index is 287. The number of benzene rings is 1. The van der Waals surface area contributed by atoms with Gasteiger partial charge >= 0.3 is 0 Å². The third kappa shape index (κ3) is 4.58. The smallest absolute Gasteiger partial charge is 0.119 e. The van der Waals surface area contributed by atoms with E-state index in [0.717, 1.165) is 29.4 Å². The van der Waals surface area contributed by atoms with Gasteiger partial charge in [0.25, 0.3) is 0 Å². The van der Waals surface area contributed by atoms with Gasteiger partial charge in [-0.05, 0) is 30.4 Å². The van der Waals surface area contributed by atoms with Crippen LogP contribution in [0.4, 0.5) is 0 Å². The summed E-state index contributed by atoms with van der Waals surface area (Å²) in [5.41, 5.74) is 0.899. The lowest BCUT2D eigenvalue weighted by Gasteiger charge is -2.09. The molecule has 3 heteroatoms. The maximum atomic E-state index is 9.40. The van der Waals surface area contributed by atoms with E-state index in [9.17, 15) is 5.11 Å². The van der Waals surface area contributed by atoms with Crippen molar-refractivity contribution in [3.8, 4) is 5.75 Å². The van der Waals surface area contributed by atoms with Crippen molar-refractivity contribution in [1.82, 2.24) is 0 Å². The second kappa shape index (κ2) is 6.75. The van der Waals surface area contributed by atoms with E-state index < -0.39 is 6.10 Å². The maximum Gasteiger partial charge on any atom is 0.119 e. The molecule has 2 nitrogen and oxygen atoms in total.